The number of nitriles is 1. The molecule has 1 amide bonds. The van der Waals surface area contributed by atoms with Gasteiger partial charge in [0.05, 0.1) is 12.6 Å². The number of aromatic nitrogens is 1. The standard InChI is InChI=1S/C12H14N4O2/c13-4-5-15-6-8-16(9-7-15)12(18)10-2-1-3-11(17)14-10/h1-3H,5-9H2,(H,14,17). The van der Waals surface area contributed by atoms with Crippen LogP contribution in [-0.2, 0) is 0 Å². The fourth-order valence-corrected chi connectivity index (χ4v) is 1.95. The molecule has 1 N–H and O–H groups in total. The van der Waals surface area contributed by atoms with E-state index in [-0.39, 0.29) is 11.5 Å². The maximum atomic E-state index is 12.1. The summed E-state index contributed by atoms with van der Waals surface area (Å²) in [5.74, 6) is -0.163. The van der Waals surface area contributed by atoms with E-state index >= 15 is 0 Å². The van der Waals surface area contributed by atoms with Crippen molar-refractivity contribution in [3.63, 3.8) is 0 Å². The van der Waals surface area contributed by atoms with Gasteiger partial charge in [-0.25, -0.2) is 0 Å². The number of carbonyl (C=O) groups is 1. The number of rotatable bonds is 2. The van der Waals surface area contributed by atoms with E-state index in [9.17, 15) is 9.59 Å². The number of nitrogens with one attached hydrogen (secondary N) is 1. The first-order valence-corrected chi connectivity index (χ1v) is 5.78. The minimum atomic E-state index is -0.274. The number of nitrogens with zero attached hydrogens (tertiary/aromatic N) is 3. The Morgan fingerprint density at radius 1 is 1.33 bits per heavy atom. The van der Waals surface area contributed by atoms with E-state index in [2.05, 4.69) is 11.1 Å². The zero-order chi connectivity index (χ0) is 13.0. The van der Waals surface area contributed by atoms with Gasteiger partial charge in [-0.3, -0.25) is 14.5 Å². The molecule has 1 aromatic rings. The molecule has 94 valence electrons. The van der Waals surface area contributed by atoms with Gasteiger partial charge < -0.3 is 9.88 Å². The number of amides is 1. The molecule has 0 aliphatic carbocycles. The largest absolute Gasteiger partial charge is 0.335 e. The first kappa shape index (κ1) is 12.3. The van der Waals surface area contributed by atoms with Crippen molar-refractivity contribution in [1.29, 1.82) is 5.26 Å². The van der Waals surface area contributed by atoms with Crippen LogP contribution in [0.4, 0.5) is 0 Å². The van der Waals surface area contributed by atoms with Gasteiger partial charge in [-0.05, 0) is 6.07 Å². The Balaban J connectivity index is 2.00. The first-order valence-electron chi connectivity index (χ1n) is 5.78. The van der Waals surface area contributed by atoms with Crippen molar-refractivity contribution < 1.29 is 4.79 Å². The predicted molar refractivity (Wildman–Crippen MR) is 65.0 cm³/mol. The minimum Gasteiger partial charge on any atom is -0.335 e. The quantitative estimate of drug-likeness (QED) is 0.724. The van der Waals surface area contributed by atoms with Crippen molar-refractivity contribution in [2.75, 3.05) is 32.7 Å². The molecule has 0 saturated carbocycles. The lowest BCUT2D eigenvalue weighted by Gasteiger charge is -2.33. The molecule has 0 atom stereocenters. The van der Waals surface area contributed by atoms with Crippen molar-refractivity contribution in [2.24, 2.45) is 0 Å². The Kier molecular flexibility index (Phi) is 3.75. The second-order valence-electron chi connectivity index (χ2n) is 4.16. The van der Waals surface area contributed by atoms with Gasteiger partial charge in [0, 0.05) is 32.2 Å². The molecule has 6 nitrogen and oxygen atoms in total. The molecule has 0 aromatic carbocycles. The van der Waals surface area contributed by atoms with E-state index in [1.807, 2.05) is 4.90 Å². The summed E-state index contributed by atoms with van der Waals surface area (Å²) in [6.07, 6.45) is 0. The van der Waals surface area contributed by atoms with Crippen LogP contribution in [0.5, 0.6) is 0 Å². The third kappa shape index (κ3) is 2.76. The van der Waals surface area contributed by atoms with Gasteiger partial charge in [0.25, 0.3) is 5.91 Å². The molecular formula is C12H14N4O2. The summed E-state index contributed by atoms with van der Waals surface area (Å²) >= 11 is 0. The van der Waals surface area contributed by atoms with Gasteiger partial charge in [0.2, 0.25) is 5.56 Å². The topological polar surface area (TPSA) is 80.2 Å². The molecular weight excluding hydrogens is 232 g/mol. The molecule has 0 bridgehead atoms. The van der Waals surface area contributed by atoms with Crippen LogP contribution in [0.25, 0.3) is 0 Å². The Hall–Kier alpha value is -2.13. The normalized spacial score (nSPS) is 16.3. The maximum absolute atomic E-state index is 12.1. The summed E-state index contributed by atoms with van der Waals surface area (Å²) in [4.78, 5) is 29.5. The van der Waals surface area contributed by atoms with Gasteiger partial charge >= 0.3 is 0 Å². The summed E-state index contributed by atoms with van der Waals surface area (Å²) in [5.41, 5.74) is 0.0419. The summed E-state index contributed by atoms with van der Waals surface area (Å²) in [6.45, 7) is 2.94. The van der Waals surface area contributed by atoms with Crippen LogP contribution in [0.2, 0.25) is 0 Å². The van der Waals surface area contributed by atoms with Gasteiger partial charge in [0.1, 0.15) is 5.69 Å². The van der Waals surface area contributed by atoms with E-state index in [0.29, 0.717) is 38.4 Å². The lowest BCUT2D eigenvalue weighted by atomic mass is 10.2. The van der Waals surface area contributed by atoms with Gasteiger partial charge in [-0.1, -0.05) is 6.07 Å². The Bertz CT molecular complexity index is 523. The fraction of sp³-hybridized carbons (Fsp3) is 0.417. The summed E-state index contributed by atoms with van der Waals surface area (Å²) in [7, 11) is 0. The zero-order valence-corrected chi connectivity index (χ0v) is 9.93. The Labute approximate surface area is 104 Å². The van der Waals surface area contributed by atoms with Crippen LogP contribution in [-0.4, -0.2) is 53.4 Å². The average Bonchev–Trinajstić information content (AvgIpc) is 2.39. The smallest absolute Gasteiger partial charge is 0.270 e. The molecule has 1 aliphatic rings. The molecule has 18 heavy (non-hydrogen) atoms. The summed E-state index contributed by atoms with van der Waals surface area (Å²) < 4.78 is 0. The van der Waals surface area contributed by atoms with Crippen molar-refractivity contribution in [1.82, 2.24) is 14.8 Å². The number of aromatic amines is 1. The summed E-state index contributed by atoms with van der Waals surface area (Å²) in [6, 6.07) is 6.64. The van der Waals surface area contributed by atoms with Gasteiger partial charge in [-0.2, -0.15) is 5.26 Å². The number of hydrogen-bond acceptors (Lipinski definition) is 4. The Morgan fingerprint density at radius 3 is 2.67 bits per heavy atom. The zero-order valence-electron chi connectivity index (χ0n) is 9.93. The molecule has 0 unspecified atom stereocenters. The highest BCUT2D eigenvalue weighted by molar-refractivity contribution is 5.92. The monoisotopic (exact) mass is 246 g/mol. The second kappa shape index (κ2) is 5.47. The molecule has 1 aliphatic heterocycles. The molecule has 1 aromatic heterocycles. The highest BCUT2D eigenvalue weighted by atomic mass is 16.2. The van der Waals surface area contributed by atoms with E-state index in [1.165, 1.54) is 6.07 Å². The molecule has 1 fully saturated rings. The van der Waals surface area contributed by atoms with Gasteiger partial charge in [-0.15, -0.1) is 0 Å². The van der Waals surface area contributed by atoms with Crippen molar-refractivity contribution in [3.05, 3.63) is 34.2 Å². The van der Waals surface area contributed by atoms with Crippen molar-refractivity contribution in [3.8, 4) is 6.07 Å². The molecule has 0 spiro atoms. The Morgan fingerprint density at radius 2 is 2.06 bits per heavy atom. The number of pyridine rings is 1. The number of carbonyl (C=O) groups excluding carboxylic acids is 1. The lowest BCUT2D eigenvalue weighted by molar-refractivity contribution is 0.0645. The molecule has 1 saturated heterocycles. The van der Waals surface area contributed by atoms with E-state index in [1.54, 1.807) is 17.0 Å². The average molecular weight is 246 g/mol. The number of hydrogen-bond donors (Lipinski definition) is 1. The van der Waals surface area contributed by atoms with Crippen LogP contribution in [0.1, 0.15) is 10.5 Å². The molecule has 6 heteroatoms. The van der Waals surface area contributed by atoms with Crippen molar-refractivity contribution in [2.45, 2.75) is 0 Å². The van der Waals surface area contributed by atoms with Crippen LogP contribution in [0, 0.1) is 11.3 Å². The number of piperazine rings is 1. The minimum absolute atomic E-state index is 0.163. The fourth-order valence-electron chi connectivity index (χ4n) is 1.95. The highest BCUT2D eigenvalue weighted by Gasteiger charge is 2.22. The highest BCUT2D eigenvalue weighted by Crippen LogP contribution is 2.05. The van der Waals surface area contributed by atoms with Crippen LogP contribution in [0.3, 0.4) is 0 Å². The predicted octanol–water partition coefficient (Wildman–Crippen LogP) is -0.344. The van der Waals surface area contributed by atoms with Crippen LogP contribution < -0.4 is 5.56 Å². The van der Waals surface area contributed by atoms with E-state index < -0.39 is 0 Å². The van der Waals surface area contributed by atoms with Crippen molar-refractivity contribution >= 4 is 5.91 Å². The van der Waals surface area contributed by atoms with Gasteiger partial charge in [0.15, 0.2) is 0 Å². The third-order valence-corrected chi connectivity index (χ3v) is 2.95. The SMILES string of the molecule is N#CCN1CCN(C(=O)c2cccc(=O)[nH]2)CC1. The maximum Gasteiger partial charge on any atom is 0.270 e. The van der Waals surface area contributed by atoms with Crippen LogP contribution in [0.15, 0.2) is 23.0 Å². The first-order chi connectivity index (χ1) is 8.70. The lowest BCUT2D eigenvalue weighted by Crippen LogP contribution is -2.49. The molecule has 0 radical (unpaired) electrons. The summed E-state index contributed by atoms with van der Waals surface area (Å²) in [5, 5.41) is 8.59. The third-order valence-electron chi connectivity index (χ3n) is 2.95. The molecule has 2 heterocycles. The van der Waals surface area contributed by atoms with Crippen LogP contribution >= 0.6 is 0 Å². The number of H-pyrrole nitrogens is 1. The second-order valence-corrected chi connectivity index (χ2v) is 4.16. The van der Waals surface area contributed by atoms with E-state index in [0.717, 1.165) is 0 Å². The van der Waals surface area contributed by atoms with E-state index in [4.69, 9.17) is 5.26 Å². The molecule has 2 rings (SSSR count).